The normalized spacial score (nSPS) is 21.8. The van der Waals surface area contributed by atoms with Crippen molar-refractivity contribution in [2.24, 2.45) is 23.1 Å². The summed E-state index contributed by atoms with van der Waals surface area (Å²) in [6.45, 7) is 7.18. The van der Waals surface area contributed by atoms with E-state index in [4.69, 9.17) is 17.2 Å². The summed E-state index contributed by atoms with van der Waals surface area (Å²) in [4.78, 5) is 118. The van der Waals surface area contributed by atoms with Crippen LogP contribution in [0.1, 0.15) is 82.9 Å². The number of aromatic nitrogens is 1. The van der Waals surface area contributed by atoms with E-state index in [1.807, 2.05) is 24.3 Å². The lowest BCUT2D eigenvalue weighted by molar-refractivity contribution is -0.143. The molecule has 3 aromatic carbocycles. The zero-order chi connectivity index (χ0) is 56.2. The number of carbonyl (C=O) groups excluding carboxylic acids is 7. The van der Waals surface area contributed by atoms with E-state index in [1.165, 1.54) is 12.1 Å². The van der Waals surface area contributed by atoms with Crippen molar-refractivity contribution in [2.45, 2.75) is 139 Å². The molecule has 1 saturated heterocycles. The molecule has 8 atom stereocenters. The third-order valence-electron chi connectivity index (χ3n) is 13.2. The van der Waals surface area contributed by atoms with Gasteiger partial charge in [0, 0.05) is 46.9 Å². The fraction of sp³-hybridized carbons (Fsp3) is 0.481. The van der Waals surface area contributed by atoms with Gasteiger partial charge in [-0.05, 0) is 99.8 Å². The third kappa shape index (κ3) is 18.5. The number of carbonyl (C=O) groups is 8. The minimum atomic E-state index is -1.46. The Balaban J connectivity index is 1.66. The zero-order valence-electron chi connectivity index (χ0n) is 44.0. The number of phenolic OH excluding ortho intramolecular Hbond substituents is 1. The molecule has 21 nitrogen and oxygen atoms in total. The minimum Gasteiger partial charge on any atom is -0.508 e. The third-order valence-corrected chi connectivity index (χ3v) is 16.5. The number of carboxylic acids is 1. The van der Waals surface area contributed by atoms with Crippen LogP contribution in [-0.4, -0.2) is 134 Å². The van der Waals surface area contributed by atoms with Gasteiger partial charge in [-0.1, -0.05) is 103 Å². The van der Waals surface area contributed by atoms with Crippen molar-refractivity contribution in [3.05, 3.63) is 102 Å². The maximum atomic E-state index is 15.0. The largest absolute Gasteiger partial charge is 0.508 e. The fourth-order valence-electron chi connectivity index (χ4n) is 8.67. The van der Waals surface area contributed by atoms with Crippen molar-refractivity contribution in [3.63, 3.8) is 0 Å². The molecular formula is C54H75N11O10S2. The number of nitrogens with one attached hydrogen (secondary N) is 8. The van der Waals surface area contributed by atoms with E-state index in [9.17, 15) is 48.6 Å². The van der Waals surface area contributed by atoms with Gasteiger partial charge in [-0.15, -0.1) is 0 Å². The van der Waals surface area contributed by atoms with Crippen LogP contribution < -0.4 is 54.4 Å². The number of unbranched alkanes of at least 4 members (excludes halogenated alkanes) is 2. The highest BCUT2D eigenvalue weighted by Gasteiger charge is 2.42. The van der Waals surface area contributed by atoms with Crippen molar-refractivity contribution < 1.29 is 48.6 Å². The average Bonchev–Trinajstić information content (AvgIpc) is 3.80. The van der Waals surface area contributed by atoms with Crippen molar-refractivity contribution in [1.29, 1.82) is 0 Å². The monoisotopic (exact) mass is 1100 g/mol. The highest BCUT2D eigenvalue weighted by molar-refractivity contribution is 8.77. The average molecular weight is 1100 g/mol. The fourth-order valence-corrected chi connectivity index (χ4v) is 11.5. The maximum Gasteiger partial charge on any atom is 0.326 e. The van der Waals surface area contributed by atoms with E-state index in [-0.39, 0.29) is 50.2 Å². The van der Waals surface area contributed by atoms with E-state index >= 15 is 0 Å². The molecule has 418 valence electrons. The lowest BCUT2D eigenvalue weighted by atomic mass is 9.98. The Morgan fingerprint density at radius 1 is 0.701 bits per heavy atom. The predicted octanol–water partition coefficient (Wildman–Crippen LogP) is 1.79. The van der Waals surface area contributed by atoms with Crippen LogP contribution >= 0.6 is 21.6 Å². The number of carboxylic acid groups (broad SMARTS) is 1. The topological polar surface area (TPSA) is 355 Å². The van der Waals surface area contributed by atoms with Crippen molar-refractivity contribution >= 4 is 79.8 Å². The lowest BCUT2D eigenvalue weighted by Gasteiger charge is -2.35. The molecule has 1 fully saturated rings. The van der Waals surface area contributed by atoms with Crippen LogP contribution in [0.15, 0.2) is 85.1 Å². The smallest absolute Gasteiger partial charge is 0.326 e. The minimum absolute atomic E-state index is 0.0486. The van der Waals surface area contributed by atoms with Gasteiger partial charge in [0.05, 0.1) is 6.04 Å². The van der Waals surface area contributed by atoms with Crippen LogP contribution in [0.5, 0.6) is 5.75 Å². The first-order valence-electron chi connectivity index (χ1n) is 25.9. The second-order valence-corrected chi connectivity index (χ2v) is 23.1. The van der Waals surface area contributed by atoms with E-state index < -0.39 is 106 Å². The quantitative estimate of drug-likeness (QED) is 0.0443. The number of aromatic amines is 1. The first-order valence-corrected chi connectivity index (χ1v) is 28.2. The number of aromatic hydroxyl groups is 1. The number of hydrogen-bond acceptors (Lipinski definition) is 14. The summed E-state index contributed by atoms with van der Waals surface area (Å²) in [6, 6.07) is 11.4. The molecule has 16 N–H and O–H groups in total. The first kappa shape index (κ1) is 61.2. The molecule has 1 aliphatic rings. The number of fused-ring (bicyclic) bond motifs is 1. The van der Waals surface area contributed by atoms with E-state index in [2.05, 4.69) is 42.2 Å². The number of rotatable bonds is 20. The second kappa shape index (κ2) is 29.7. The molecule has 23 heteroatoms. The van der Waals surface area contributed by atoms with Gasteiger partial charge in [-0.25, -0.2) is 4.79 Å². The van der Waals surface area contributed by atoms with Crippen LogP contribution in [0, 0.1) is 5.92 Å². The lowest BCUT2D eigenvalue weighted by Crippen LogP contribution is -2.63. The predicted molar refractivity (Wildman–Crippen MR) is 298 cm³/mol. The molecule has 4 aromatic rings. The maximum absolute atomic E-state index is 15.0. The van der Waals surface area contributed by atoms with Crippen molar-refractivity contribution in [2.75, 3.05) is 18.8 Å². The molecule has 2 heterocycles. The number of hydrogen-bond donors (Lipinski definition) is 13. The molecule has 0 radical (unpaired) electrons. The van der Waals surface area contributed by atoms with Gasteiger partial charge < -0.3 is 69.6 Å². The highest BCUT2D eigenvalue weighted by Crippen LogP contribution is 2.39. The summed E-state index contributed by atoms with van der Waals surface area (Å²) < 4.78 is -1.28. The number of para-hydroxylation sites is 1. The van der Waals surface area contributed by atoms with Crippen LogP contribution in [0.4, 0.5) is 0 Å². The van der Waals surface area contributed by atoms with Crippen molar-refractivity contribution in [3.8, 4) is 5.75 Å². The van der Waals surface area contributed by atoms with Gasteiger partial charge in [0.2, 0.25) is 41.4 Å². The summed E-state index contributed by atoms with van der Waals surface area (Å²) in [5.74, 6) is -7.64. The standard InChI is InChI=1S/C54H75N11O10S2/c1-31(2)44(53(74)75)64-51(72)43-30-76-77-54(3,4)45(65-46(67)37(57)17-10-12-24-55)52(73)62-41(26-32-14-6-5-7-15-32)48(69)61-42(28-34-29-58-38-18-9-8-16-36(34)38)50(71)59-39(19-11-13-25-56)47(68)60-40(49(70)63-43)27-33-20-22-35(66)23-21-33/h5-9,14-16,18,20-23,29,31,37,39-45,58,66H,10-13,17,19,24-28,30,55-57H2,1-4H3,(H,59,71)(H,60,68)(H,61,69)(H,62,73)(H,63,70)(H,64,72)(H,65,67)(H,74,75)/t37-,39-,40-,41-,42-,43-,44-,45+/m0/s1. The molecule has 7 amide bonds. The van der Waals surface area contributed by atoms with Crippen LogP contribution in [-0.2, 0) is 57.6 Å². The van der Waals surface area contributed by atoms with Gasteiger partial charge in [-0.2, -0.15) is 0 Å². The Hall–Kier alpha value is -6.66. The number of H-pyrrole nitrogens is 1. The highest BCUT2D eigenvalue weighted by atomic mass is 33.1. The van der Waals surface area contributed by atoms with Gasteiger partial charge in [0.25, 0.3) is 0 Å². The summed E-state index contributed by atoms with van der Waals surface area (Å²) in [7, 11) is 2.11. The molecular weight excluding hydrogens is 1030 g/mol. The Bertz CT molecular complexity index is 2640. The number of nitrogens with two attached hydrogens (primary N) is 3. The number of amides is 7. The van der Waals surface area contributed by atoms with E-state index in [0.29, 0.717) is 48.9 Å². The Kier molecular flexibility index (Phi) is 23.6. The SMILES string of the molecule is CC(C)[C@H](NC(=O)[C@@H]1CSSC(C)(C)[C@H](NC(=O)[C@@H](N)CCCCN)C(=O)N[C@@H](Cc2ccccc2)C(=O)N[C@@H](Cc2c[nH]c3ccccc23)C(=O)N[C@@H](CCCCN)C(=O)N[C@@H](Cc2ccc(O)cc2)C(=O)N1)C(=O)O. The summed E-state index contributed by atoms with van der Waals surface area (Å²) in [5.41, 5.74) is 20.5. The molecule has 5 rings (SSSR count). The molecule has 0 unspecified atom stereocenters. The van der Waals surface area contributed by atoms with Gasteiger partial charge in [-0.3, -0.25) is 33.6 Å². The Morgan fingerprint density at radius 2 is 1.25 bits per heavy atom. The van der Waals surface area contributed by atoms with Crippen LogP contribution in [0.25, 0.3) is 10.9 Å². The molecule has 1 aliphatic heterocycles. The Morgan fingerprint density at radius 3 is 1.87 bits per heavy atom. The van der Waals surface area contributed by atoms with E-state index in [0.717, 1.165) is 32.5 Å². The molecule has 0 spiro atoms. The van der Waals surface area contributed by atoms with Crippen LogP contribution in [0.3, 0.4) is 0 Å². The van der Waals surface area contributed by atoms with Gasteiger partial charge in [0.1, 0.15) is 48.0 Å². The zero-order valence-corrected chi connectivity index (χ0v) is 45.6. The molecule has 1 aromatic heterocycles. The summed E-state index contributed by atoms with van der Waals surface area (Å²) in [6.07, 6.45) is 3.67. The Labute approximate surface area is 456 Å². The first-order chi connectivity index (χ1) is 36.7. The second-order valence-electron chi connectivity index (χ2n) is 20.1. The van der Waals surface area contributed by atoms with Gasteiger partial charge >= 0.3 is 5.97 Å². The molecule has 0 aliphatic carbocycles. The molecule has 77 heavy (non-hydrogen) atoms. The van der Waals surface area contributed by atoms with Gasteiger partial charge in [0.15, 0.2) is 0 Å². The summed E-state index contributed by atoms with van der Waals surface area (Å²) in [5, 5.41) is 40.4. The number of benzene rings is 3. The number of phenols is 1. The van der Waals surface area contributed by atoms with E-state index in [1.54, 1.807) is 76.4 Å². The van der Waals surface area contributed by atoms with Crippen molar-refractivity contribution in [1.82, 2.24) is 42.2 Å². The van der Waals surface area contributed by atoms with Crippen LogP contribution in [0.2, 0.25) is 0 Å². The number of aliphatic carboxylic acids is 1. The molecule has 0 saturated carbocycles. The summed E-state index contributed by atoms with van der Waals surface area (Å²) >= 11 is 0. The molecule has 0 bridgehead atoms.